The van der Waals surface area contributed by atoms with Gasteiger partial charge in [0.05, 0.1) is 16.5 Å². The first-order valence-corrected chi connectivity index (χ1v) is 11.5. The molecule has 1 heterocycles. The summed E-state index contributed by atoms with van der Waals surface area (Å²) in [5.41, 5.74) is -0.0466. The van der Waals surface area contributed by atoms with Crippen molar-refractivity contribution in [1.82, 2.24) is 9.80 Å². The maximum Gasteiger partial charge on any atom is 0.407 e. The molecule has 0 radical (unpaired) electrons. The molecule has 0 aromatic heterocycles. The summed E-state index contributed by atoms with van der Waals surface area (Å²) in [4.78, 5) is 27.3. The lowest BCUT2D eigenvalue weighted by atomic mass is 9.72. The van der Waals surface area contributed by atoms with Crippen molar-refractivity contribution in [2.75, 3.05) is 31.9 Å². The first-order chi connectivity index (χ1) is 14.3. The summed E-state index contributed by atoms with van der Waals surface area (Å²) >= 11 is 7.83. The second-order valence-corrected chi connectivity index (χ2v) is 10.6. The van der Waals surface area contributed by atoms with Crippen LogP contribution >= 0.6 is 23.4 Å². The summed E-state index contributed by atoms with van der Waals surface area (Å²) in [6.07, 6.45) is -1.01. The Balaban J connectivity index is 2.34. The normalized spacial score (nSPS) is 20.9. The number of carboxylic acid groups (broad SMARTS) is 1. The first-order valence-electron chi connectivity index (χ1n) is 10.0. The minimum absolute atomic E-state index is 0.0132. The van der Waals surface area contributed by atoms with E-state index in [0.29, 0.717) is 43.1 Å². The summed E-state index contributed by atoms with van der Waals surface area (Å²) in [6, 6.07) is 4.74. The van der Waals surface area contributed by atoms with Gasteiger partial charge in [-0.25, -0.2) is 9.18 Å². The van der Waals surface area contributed by atoms with Crippen molar-refractivity contribution in [2.45, 2.75) is 45.5 Å². The average Bonchev–Trinajstić information content (AvgIpc) is 2.65. The van der Waals surface area contributed by atoms with Gasteiger partial charge in [-0.15, -0.1) is 11.6 Å². The van der Waals surface area contributed by atoms with E-state index < -0.39 is 28.2 Å². The molecule has 1 aliphatic heterocycles. The summed E-state index contributed by atoms with van der Waals surface area (Å²) in [5, 5.41) is 18.6. The molecule has 0 aliphatic carbocycles. The largest absolute Gasteiger partial charge is 0.465 e. The van der Waals surface area contributed by atoms with Crippen LogP contribution in [0.1, 0.15) is 49.8 Å². The number of alkyl halides is 1. The molecule has 0 bridgehead atoms. The number of hydrogen-bond acceptors (Lipinski definition) is 5. The molecular weight excluding hydrogens is 441 g/mol. The molecule has 6 nitrogen and oxygen atoms in total. The fourth-order valence-corrected chi connectivity index (χ4v) is 5.68. The van der Waals surface area contributed by atoms with Crippen LogP contribution in [0.25, 0.3) is 0 Å². The number of carbonyl (C=O) groups is 2. The Morgan fingerprint density at radius 3 is 2.55 bits per heavy atom. The zero-order chi connectivity index (χ0) is 23.6. The van der Waals surface area contributed by atoms with E-state index in [4.69, 9.17) is 11.6 Å². The van der Waals surface area contributed by atoms with E-state index in [0.717, 1.165) is 11.8 Å². The molecule has 0 saturated carbocycles. The highest BCUT2D eigenvalue weighted by Crippen LogP contribution is 2.42. The molecule has 170 valence electrons. The smallest absolute Gasteiger partial charge is 0.407 e. The van der Waals surface area contributed by atoms with Crippen molar-refractivity contribution >= 4 is 34.6 Å². The van der Waals surface area contributed by atoms with Crippen LogP contribution in [0.4, 0.5) is 9.18 Å². The minimum Gasteiger partial charge on any atom is -0.465 e. The van der Waals surface area contributed by atoms with Crippen molar-refractivity contribution in [1.29, 1.82) is 5.26 Å². The van der Waals surface area contributed by atoms with Crippen LogP contribution in [0.3, 0.4) is 0 Å². The number of nitriles is 1. The van der Waals surface area contributed by atoms with E-state index in [1.54, 1.807) is 13.0 Å². The Morgan fingerprint density at radius 1 is 1.39 bits per heavy atom. The molecule has 1 N–H and O–H groups in total. The van der Waals surface area contributed by atoms with Crippen LogP contribution in [-0.2, 0) is 4.79 Å². The van der Waals surface area contributed by atoms with Gasteiger partial charge in [-0.2, -0.15) is 5.26 Å². The number of carbonyl (C=O) groups excluding carboxylic acids is 1. The number of rotatable bonds is 5. The highest BCUT2D eigenvalue weighted by atomic mass is 35.5. The molecule has 1 aromatic rings. The van der Waals surface area contributed by atoms with Gasteiger partial charge >= 0.3 is 6.09 Å². The SMILES string of the molecule is CC(=O)SCC1(C(C)(C)C)CN(CC(Cl)c2ccc(F)c(C#N)c2C)CCN1C(=O)O. The lowest BCUT2D eigenvalue weighted by Crippen LogP contribution is -2.70. The van der Waals surface area contributed by atoms with Gasteiger partial charge in [0.25, 0.3) is 0 Å². The van der Waals surface area contributed by atoms with E-state index in [1.807, 2.05) is 26.8 Å². The molecule has 1 amide bonds. The molecule has 2 rings (SSSR count). The molecule has 0 spiro atoms. The van der Waals surface area contributed by atoms with Gasteiger partial charge in [0, 0.05) is 38.9 Å². The monoisotopic (exact) mass is 469 g/mol. The van der Waals surface area contributed by atoms with Crippen LogP contribution in [0.15, 0.2) is 12.1 Å². The Hall–Kier alpha value is -1.82. The minimum atomic E-state index is -1.01. The van der Waals surface area contributed by atoms with E-state index in [-0.39, 0.29) is 10.7 Å². The maximum atomic E-state index is 13.9. The van der Waals surface area contributed by atoms with Crippen molar-refractivity contribution in [3.63, 3.8) is 0 Å². The zero-order valence-corrected chi connectivity index (χ0v) is 20.1. The van der Waals surface area contributed by atoms with Gasteiger partial charge in [-0.05, 0) is 29.5 Å². The summed E-state index contributed by atoms with van der Waals surface area (Å²) < 4.78 is 13.9. The predicted molar refractivity (Wildman–Crippen MR) is 121 cm³/mol. The van der Waals surface area contributed by atoms with Gasteiger partial charge < -0.3 is 5.11 Å². The fourth-order valence-electron chi connectivity index (χ4n) is 4.12. The molecule has 2 unspecified atom stereocenters. The summed E-state index contributed by atoms with van der Waals surface area (Å²) in [6.45, 7) is 10.7. The maximum absolute atomic E-state index is 13.9. The molecule has 1 fully saturated rings. The Labute approximate surface area is 192 Å². The number of hydrogen-bond donors (Lipinski definition) is 1. The van der Waals surface area contributed by atoms with Crippen molar-refractivity contribution < 1.29 is 19.1 Å². The third-order valence-corrected chi connectivity index (χ3v) is 7.51. The van der Waals surface area contributed by atoms with Crippen molar-refractivity contribution in [3.05, 3.63) is 34.6 Å². The third-order valence-electron chi connectivity index (χ3n) is 6.11. The lowest BCUT2D eigenvalue weighted by Gasteiger charge is -2.56. The van der Waals surface area contributed by atoms with Crippen LogP contribution in [0.2, 0.25) is 0 Å². The topological polar surface area (TPSA) is 84.6 Å². The zero-order valence-electron chi connectivity index (χ0n) is 18.5. The number of halogens is 2. The number of amides is 1. The Bertz CT molecular complexity index is 899. The highest BCUT2D eigenvalue weighted by molar-refractivity contribution is 8.13. The van der Waals surface area contributed by atoms with Gasteiger partial charge in [0.1, 0.15) is 11.9 Å². The Morgan fingerprint density at radius 2 is 2.03 bits per heavy atom. The quantitative estimate of drug-likeness (QED) is 0.632. The second kappa shape index (κ2) is 9.76. The third kappa shape index (κ3) is 5.33. The van der Waals surface area contributed by atoms with E-state index in [2.05, 4.69) is 4.90 Å². The fraction of sp³-hybridized carbons (Fsp3) is 0.591. The predicted octanol–water partition coefficient (Wildman–Crippen LogP) is 4.65. The van der Waals surface area contributed by atoms with Gasteiger partial charge in [-0.1, -0.05) is 38.6 Å². The highest BCUT2D eigenvalue weighted by Gasteiger charge is 2.52. The molecule has 9 heteroatoms. The average molecular weight is 470 g/mol. The standard InChI is InChI=1S/C22H29ClFN3O3S/c1-14-16(6-7-19(24)17(14)10-25)18(23)11-26-8-9-27(20(29)30)22(12-26,21(3,4)5)13-31-15(2)28/h6-7,18H,8-9,11-13H2,1-5H3,(H,29,30). The van der Waals surface area contributed by atoms with Crippen LogP contribution < -0.4 is 0 Å². The second-order valence-electron chi connectivity index (χ2n) is 8.95. The van der Waals surface area contributed by atoms with Gasteiger partial charge in [0.2, 0.25) is 0 Å². The molecular formula is C22H29ClFN3O3S. The van der Waals surface area contributed by atoms with Gasteiger partial charge in [0.15, 0.2) is 5.12 Å². The van der Waals surface area contributed by atoms with Crippen LogP contribution in [0.5, 0.6) is 0 Å². The Kier molecular flexibility index (Phi) is 8.01. The molecule has 1 saturated heterocycles. The van der Waals surface area contributed by atoms with Crippen LogP contribution in [0, 0.1) is 29.5 Å². The number of nitrogens with zero attached hydrogens (tertiary/aromatic N) is 3. The number of piperazine rings is 1. The van der Waals surface area contributed by atoms with Crippen molar-refractivity contribution in [2.24, 2.45) is 5.41 Å². The number of benzene rings is 1. The molecule has 1 aromatic carbocycles. The summed E-state index contributed by atoms with van der Waals surface area (Å²) in [5.74, 6) is -0.230. The van der Waals surface area contributed by atoms with E-state index >= 15 is 0 Å². The number of thioether (sulfide) groups is 1. The van der Waals surface area contributed by atoms with Crippen molar-refractivity contribution in [3.8, 4) is 6.07 Å². The lowest BCUT2D eigenvalue weighted by molar-refractivity contribution is -0.109. The van der Waals surface area contributed by atoms with Crippen LogP contribution in [-0.4, -0.2) is 63.6 Å². The summed E-state index contributed by atoms with van der Waals surface area (Å²) in [7, 11) is 0. The first kappa shape index (κ1) is 25.4. The van der Waals surface area contributed by atoms with Gasteiger partial charge in [-0.3, -0.25) is 14.6 Å². The molecule has 31 heavy (non-hydrogen) atoms. The van der Waals surface area contributed by atoms with E-state index in [1.165, 1.54) is 17.9 Å². The van der Waals surface area contributed by atoms with E-state index in [9.17, 15) is 24.3 Å². The molecule has 1 aliphatic rings. The molecule has 2 atom stereocenters.